The fourth-order valence-corrected chi connectivity index (χ4v) is 3.47. The number of rotatable bonds is 3. The molecule has 2 atom stereocenters. The SMILES string of the molecule is [C-]#[N+]c1ccc2nc(N3CC[C@@H](F)[C@H](N)C3)n(Cc3ccc(Cl)cn3)c2c1. The minimum absolute atomic E-state index is 0.372. The van der Waals surface area contributed by atoms with Gasteiger partial charge in [-0.1, -0.05) is 17.7 Å². The Bertz CT molecular complexity index is 1010. The van der Waals surface area contributed by atoms with E-state index in [0.717, 1.165) is 16.7 Å². The van der Waals surface area contributed by atoms with E-state index in [-0.39, 0.29) is 0 Å². The number of nitrogens with zero attached hydrogens (tertiary/aromatic N) is 5. The third kappa shape index (κ3) is 3.46. The van der Waals surface area contributed by atoms with Crippen molar-refractivity contribution in [1.29, 1.82) is 0 Å². The molecule has 2 N–H and O–H groups in total. The Hall–Kier alpha value is -2.69. The van der Waals surface area contributed by atoms with Crippen molar-refractivity contribution in [2.75, 3.05) is 18.0 Å². The van der Waals surface area contributed by atoms with Crippen LogP contribution in [0.25, 0.3) is 15.9 Å². The van der Waals surface area contributed by atoms with Crippen molar-refractivity contribution < 1.29 is 4.39 Å². The maximum Gasteiger partial charge on any atom is 0.206 e. The first-order valence-electron chi connectivity index (χ1n) is 8.68. The number of anilines is 1. The number of imidazole rings is 1. The van der Waals surface area contributed by atoms with E-state index < -0.39 is 12.2 Å². The van der Waals surface area contributed by atoms with Gasteiger partial charge in [-0.05, 0) is 30.7 Å². The zero-order chi connectivity index (χ0) is 19.0. The van der Waals surface area contributed by atoms with E-state index in [4.69, 9.17) is 28.9 Å². The molecule has 0 radical (unpaired) electrons. The van der Waals surface area contributed by atoms with Crippen LogP contribution in [-0.4, -0.2) is 39.8 Å². The second-order valence-electron chi connectivity index (χ2n) is 6.67. The minimum atomic E-state index is -0.995. The van der Waals surface area contributed by atoms with E-state index in [1.165, 1.54) is 0 Å². The Morgan fingerprint density at radius 1 is 1.33 bits per heavy atom. The zero-order valence-electron chi connectivity index (χ0n) is 14.5. The smallest absolute Gasteiger partial charge is 0.206 e. The molecule has 27 heavy (non-hydrogen) atoms. The zero-order valence-corrected chi connectivity index (χ0v) is 15.3. The third-order valence-corrected chi connectivity index (χ3v) is 5.03. The molecular weight excluding hydrogens is 367 g/mol. The topological polar surface area (TPSA) is 64.3 Å². The van der Waals surface area contributed by atoms with Crippen molar-refractivity contribution in [3.8, 4) is 0 Å². The number of aromatic nitrogens is 3. The Morgan fingerprint density at radius 3 is 2.89 bits per heavy atom. The highest BCUT2D eigenvalue weighted by Crippen LogP contribution is 2.29. The number of hydrogen-bond donors (Lipinski definition) is 1. The average molecular weight is 385 g/mol. The Balaban J connectivity index is 1.79. The van der Waals surface area contributed by atoms with E-state index in [0.29, 0.717) is 42.7 Å². The van der Waals surface area contributed by atoms with Gasteiger partial charge < -0.3 is 15.2 Å². The van der Waals surface area contributed by atoms with Crippen LogP contribution in [0.1, 0.15) is 12.1 Å². The van der Waals surface area contributed by atoms with Gasteiger partial charge in [0.2, 0.25) is 5.95 Å². The van der Waals surface area contributed by atoms with Crippen molar-refractivity contribution in [1.82, 2.24) is 14.5 Å². The van der Waals surface area contributed by atoms with Crippen LogP contribution in [0, 0.1) is 6.57 Å². The molecule has 138 valence electrons. The van der Waals surface area contributed by atoms with Gasteiger partial charge in [-0.3, -0.25) is 4.98 Å². The summed E-state index contributed by atoms with van der Waals surface area (Å²) in [4.78, 5) is 14.6. The number of halogens is 2. The molecule has 1 saturated heterocycles. The second-order valence-corrected chi connectivity index (χ2v) is 7.10. The summed E-state index contributed by atoms with van der Waals surface area (Å²) in [5.41, 5.74) is 8.92. The van der Waals surface area contributed by atoms with Gasteiger partial charge in [0.05, 0.1) is 40.9 Å². The summed E-state index contributed by atoms with van der Waals surface area (Å²) >= 11 is 5.94. The van der Waals surface area contributed by atoms with Crippen molar-refractivity contribution >= 4 is 34.3 Å². The number of pyridine rings is 1. The average Bonchev–Trinajstić information content (AvgIpc) is 3.03. The van der Waals surface area contributed by atoms with Crippen LogP contribution in [0.15, 0.2) is 36.5 Å². The van der Waals surface area contributed by atoms with E-state index >= 15 is 0 Å². The summed E-state index contributed by atoms with van der Waals surface area (Å²) in [5.74, 6) is 0.714. The predicted molar refractivity (Wildman–Crippen MR) is 104 cm³/mol. The number of fused-ring (bicyclic) bond motifs is 1. The fraction of sp³-hybridized carbons (Fsp3) is 0.316. The molecule has 0 aliphatic carbocycles. The van der Waals surface area contributed by atoms with Crippen LogP contribution in [-0.2, 0) is 6.54 Å². The molecule has 4 rings (SSSR count). The minimum Gasteiger partial charge on any atom is -0.340 e. The maximum atomic E-state index is 13.8. The first kappa shape index (κ1) is 17.7. The summed E-state index contributed by atoms with van der Waals surface area (Å²) in [6.45, 7) is 8.69. The number of benzene rings is 1. The van der Waals surface area contributed by atoms with E-state index in [1.807, 2.05) is 27.7 Å². The second kappa shape index (κ2) is 7.14. The molecule has 1 aliphatic rings. The molecular formula is C19H18ClFN6. The van der Waals surface area contributed by atoms with Crippen LogP contribution in [0.3, 0.4) is 0 Å². The first-order chi connectivity index (χ1) is 13.0. The van der Waals surface area contributed by atoms with Crippen LogP contribution in [0.2, 0.25) is 5.02 Å². The van der Waals surface area contributed by atoms with Crippen molar-refractivity contribution in [3.63, 3.8) is 0 Å². The highest BCUT2D eigenvalue weighted by molar-refractivity contribution is 6.30. The monoisotopic (exact) mass is 384 g/mol. The molecule has 1 aromatic carbocycles. The molecule has 6 nitrogen and oxygen atoms in total. The van der Waals surface area contributed by atoms with Crippen molar-refractivity contribution in [3.05, 3.63) is 58.7 Å². The highest BCUT2D eigenvalue weighted by Gasteiger charge is 2.29. The highest BCUT2D eigenvalue weighted by atomic mass is 35.5. The van der Waals surface area contributed by atoms with Gasteiger partial charge in [0.1, 0.15) is 6.17 Å². The molecule has 1 fully saturated rings. The Morgan fingerprint density at radius 2 is 2.19 bits per heavy atom. The van der Waals surface area contributed by atoms with Gasteiger partial charge in [-0.2, -0.15) is 0 Å². The first-order valence-corrected chi connectivity index (χ1v) is 9.06. The van der Waals surface area contributed by atoms with Crippen LogP contribution < -0.4 is 10.6 Å². The number of alkyl halides is 1. The van der Waals surface area contributed by atoms with Crippen molar-refractivity contribution in [2.24, 2.45) is 5.73 Å². The summed E-state index contributed by atoms with van der Waals surface area (Å²) in [7, 11) is 0. The van der Waals surface area contributed by atoms with Gasteiger partial charge in [0.25, 0.3) is 0 Å². The summed E-state index contributed by atoms with van der Waals surface area (Å²) in [6.07, 6.45) is 0.979. The van der Waals surface area contributed by atoms with Crippen LogP contribution in [0.4, 0.5) is 16.0 Å². The molecule has 2 aromatic heterocycles. The lowest BCUT2D eigenvalue weighted by atomic mass is 10.1. The number of nitrogens with two attached hydrogens (primary N) is 1. The molecule has 0 saturated carbocycles. The molecule has 3 heterocycles. The normalized spacial score (nSPS) is 20.0. The van der Waals surface area contributed by atoms with Gasteiger partial charge in [-0.25, -0.2) is 14.2 Å². The Kier molecular flexibility index (Phi) is 4.68. The molecule has 0 bridgehead atoms. The Labute approximate surface area is 161 Å². The predicted octanol–water partition coefficient (Wildman–Crippen LogP) is 3.56. The quantitative estimate of drug-likeness (QED) is 0.701. The van der Waals surface area contributed by atoms with Gasteiger partial charge >= 0.3 is 0 Å². The van der Waals surface area contributed by atoms with Gasteiger partial charge in [0.15, 0.2) is 5.69 Å². The molecule has 1 aliphatic heterocycles. The molecule has 8 heteroatoms. The van der Waals surface area contributed by atoms with E-state index in [1.54, 1.807) is 18.3 Å². The standard InChI is InChI=1S/C19H18ClFN6/c1-23-13-4-5-17-18(8-13)27(10-14-3-2-12(20)9-24-14)19(25-17)26-7-6-15(21)16(22)11-26/h2-5,8-9,15-16H,6-7,10-11,22H2/t15-,16-/m1/s1. The number of piperidine rings is 1. The maximum absolute atomic E-state index is 13.8. The molecule has 0 amide bonds. The van der Waals surface area contributed by atoms with Crippen LogP contribution >= 0.6 is 11.6 Å². The summed E-state index contributed by atoms with van der Waals surface area (Å²) in [5, 5.41) is 0.570. The molecule has 0 unspecified atom stereocenters. The van der Waals surface area contributed by atoms with Crippen molar-refractivity contribution in [2.45, 2.75) is 25.2 Å². The molecule has 3 aromatic rings. The molecule has 0 spiro atoms. The van der Waals surface area contributed by atoms with E-state index in [2.05, 4.69) is 9.83 Å². The largest absolute Gasteiger partial charge is 0.340 e. The summed E-state index contributed by atoms with van der Waals surface area (Å²) in [6, 6.07) is 8.50. The van der Waals surface area contributed by atoms with Crippen LogP contribution in [0.5, 0.6) is 0 Å². The summed E-state index contributed by atoms with van der Waals surface area (Å²) < 4.78 is 15.8. The van der Waals surface area contributed by atoms with Gasteiger partial charge in [0, 0.05) is 19.3 Å². The lowest BCUT2D eigenvalue weighted by Crippen LogP contribution is -2.50. The number of hydrogen-bond acceptors (Lipinski definition) is 4. The van der Waals surface area contributed by atoms with Gasteiger partial charge in [-0.15, -0.1) is 0 Å². The lowest BCUT2D eigenvalue weighted by molar-refractivity contribution is 0.243. The van der Waals surface area contributed by atoms with E-state index in [9.17, 15) is 4.39 Å². The fourth-order valence-electron chi connectivity index (χ4n) is 3.36. The lowest BCUT2D eigenvalue weighted by Gasteiger charge is -2.34. The third-order valence-electron chi connectivity index (χ3n) is 4.80.